The largest absolute Gasteiger partial charge is 0.493 e. The predicted octanol–water partition coefficient (Wildman–Crippen LogP) is 16.8. The van der Waals surface area contributed by atoms with Crippen molar-refractivity contribution in [1.82, 2.24) is 21.3 Å². The Kier molecular flexibility index (Phi) is 28.5. The lowest BCUT2D eigenvalue weighted by Crippen LogP contribution is -2.36. The van der Waals surface area contributed by atoms with Crippen LogP contribution in [0, 0.1) is 11.8 Å². The third-order valence-corrected chi connectivity index (χ3v) is 19.3. The van der Waals surface area contributed by atoms with Crippen molar-refractivity contribution in [2.45, 2.75) is 232 Å². The Labute approximate surface area is 520 Å². The molecular weight excluding hydrogens is 1070 g/mol. The maximum atomic E-state index is 6.68. The molecule has 0 fully saturated rings. The fourth-order valence-corrected chi connectivity index (χ4v) is 14.7. The quantitative estimate of drug-likeness (QED) is 0.0317. The van der Waals surface area contributed by atoms with Gasteiger partial charge in [0.1, 0.15) is 0 Å². The molecule has 4 aromatic rings. The van der Waals surface area contributed by atoms with Gasteiger partial charge in [-0.2, -0.15) is 0 Å². The number of rotatable bonds is 41. The molecule has 0 saturated carbocycles. The molecule has 0 spiro atoms. The van der Waals surface area contributed by atoms with Gasteiger partial charge < -0.3 is 59.2 Å². The van der Waals surface area contributed by atoms with Crippen LogP contribution < -0.4 is 59.2 Å². The fourth-order valence-electron chi connectivity index (χ4n) is 14.7. The van der Waals surface area contributed by atoms with Crippen molar-refractivity contribution in [2.24, 2.45) is 11.8 Å². The average molecular weight is 1190 g/mol. The van der Waals surface area contributed by atoms with Crippen LogP contribution in [0.5, 0.6) is 46.0 Å². The van der Waals surface area contributed by atoms with E-state index in [0.717, 1.165) is 176 Å². The van der Waals surface area contributed by atoms with E-state index in [1.807, 2.05) is 0 Å². The van der Waals surface area contributed by atoms with E-state index < -0.39 is 0 Å². The second kappa shape index (κ2) is 36.6. The minimum absolute atomic E-state index is 0.257. The van der Waals surface area contributed by atoms with Gasteiger partial charge in [0.2, 0.25) is 0 Å². The molecule has 4 N–H and O–H groups in total. The molecule has 8 rings (SSSR count). The van der Waals surface area contributed by atoms with E-state index in [2.05, 4.69) is 97.5 Å². The molecule has 478 valence electrons. The van der Waals surface area contributed by atoms with E-state index in [-0.39, 0.29) is 12.1 Å². The summed E-state index contributed by atoms with van der Waals surface area (Å²) < 4.78 is 50.1. The normalized spacial score (nSPS) is 18.7. The molecule has 0 saturated heterocycles. The first kappa shape index (κ1) is 67.1. The first-order chi connectivity index (χ1) is 42.4. The minimum Gasteiger partial charge on any atom is -0.493 e. The minimum atomic E-state index is 0.257. The Morgan fingerprint density at radius 3 is 0.919 bits per heavy atom. The summed E-state index contributed by atoms with van der Waals surface area (Å²) in [4.78, 5) is 0. The smallest absolute Gasteiger partial charge is 0.164 e. The van der Waals surface area contributed by atoms with Gasteiger partial charge in [-0.05, 0) is 174 Å². The summed E-state index contributed by atoms with van der Waals surface area (Å²) in [5.74, 6) is 8.26. The zero-order chi connectivity index (χ0) is 60.3. The van der Waals surface area contributed by atoms with Crippen LogP contribution in [0.1, 0.15) is 250 Å². The monoisotopic (exact) mass is 1190 g/mol. The third-order valence-electron chi connectivity index (χ3n) is 19.3. The number of benzene rings is 4. The average Bonchev–Trinajstić information content (AvgIpc) is 2.62. The van der Waals surface area contributed by atoms with Crippen molar-refractivity contribution < 1.29 is 37.9 Å². The summed E-state index contributed by atoms with van der Waals surface area (Å²) in [6, 6.07) is 19.0. The number of hydrogen-bond acceptors (Lipinski definition) is 12. The second-order valence-electron chi connectivity index (χ2n) is 25.1. The molecule has 12 nitrogen and oxygen atoms in total. The van der Waals surface area contributed by atoms with Crippen LogP contribution in [-0.2, 0) is 25.7 Å². The van der Waals surface area contributed by atoms with Crippen molar-refractivity contribution in [3.63, 3.8) is 0 Å². The Morgan fingerprint density at radius 1 is 0.337 bits per heavy atom. The van der Waals surface area contributed by atoms with E-state index in [4.69, 9.17) is 37.9 Å². The summed E-state index contributed by atoms with van der Waals surface area (Å²) in [7, 11) is 7.12. The van der Waals surface area contributed by atoms with Crippen LogP contribution in [-0.4, -0.2) is 81.0 Å². The first-order valence-corrected chi connectivity index (χ1v) is 34.6. The highest BCUT2D eigenvalue weighted by Crippen LogP contribution is 2.47. The van der Waals surface area contributed by atoms with Crippen molar-refractivity contribution in [1.29, 1.82) is 0 Å². The molecule has 0 radical (unpaired) electrons. The summed E-state index contributed by atoms with van der Waals surface area (Å²) >= 11 is 0. The number of fused-ring (bicyclic) bond motifs is 4. The maximum Gasteiger partial charge on any atom is 0.164 e. The van der Waals surface area contributed by atoms with Crippen molar-refractivity contribution in [3.8, 4) is 46.0 Å². The molecule has 0 aromatic heterocycles. The summed E-state index contributed by atoms with van der Waals surface area (Å²) in [5, 5.41) is 16.1. The number of ether oxygens (including phenoxy) is 8. The van der Waals surface area contributed by atoms with Crippen molar-refractivity contribution in [2.75, 3.05) is 81.0 Å². The van der Waals surface area contributed by atoms with Crippen LogP contribution in [0.4, 0.5) is 0 Å². The zero-order valence-electron chi connectivity index (χ0n) is 54.8. The summed E-state index contributed by atoms with van der Waals surface area (Å²) in [6.45, 7) is 15.7. The molecular formula is C74H114N4O8. The van der Waals surface area contributed by atoms with Gasteiger partial charge in [-0.15, -0.1) is 0 Å². The first-order valence-electron chi connectivity index (χ1n) is 34.6. The maximum absolute atomic E-state index is 6.68. The molecule has 86 heavy (non-hydrogen) atoms. The van der Waals surface area contributed by atoms with E-state index in [1.54, 1.807) is 28.4 Å². The summed E-state index contributed by atoms with van der Waals surface area (Å²) in [6.07, 6.45) is 31.4. The molecule has 0 bridgehead atoms. The molecule has 4 heterocycles. The van der Waals surface area contributed by atoms with Crippen molar-refractivity contribution >= 4 is 0 Å². The molecule has 6 atom stereocenters. The van der Waals surface area contributed by atoms with E-state index in [0.29, 0.717) is 23.9 Å². The standard InChI is InChI=1S/C74H114N4O8/c1-9-13-23-49-83-71-59-41-45-75-63(55(59)33-37-65(71)79-5)31-21-19-29-53(69-57-35-39-67(81-7)73(61(57)43-47-77-69)85-51-25-15-11-3)27-17-18-28-54(70-58-36-40-68(82-8)74(62(58)44-48-78-70)86-52-26-16-12-4)30-20-22-32-64-56-34-38-66(80-6)72(60(56)42-46-76-64)84-50-24-14-10-2/h33-40,53-54,63-64,69-70,75-78H,9-32,41-52H2,1-8H3. The van der Waals surface area contributed by atoms with Gasteiger partial charge in [-0.1, -0.05) is 142 Å². The fraction of sp³-hybridized carbons (Fsp3) is 0.676. The van der Waals surface area contributed by atoms with Crippen molar-refractivity contribution in [3.05, 3.63) is 93.0 Å². The number of methoxy groups -OCH3 is 4. The van der Waals surface area contributed by atoms with Gasteiger partial charge in [0, 0.05) is 46.4 Å². The van der Waals surface area contributed by atoms with E-state index >= 15 is 0 Å². The van der Waals surface area contributed by atoms with Gasteiger partial charge in [-0.3, -0.25) is 0 Å². The highest BCUT2D eigenvalue weighted by Gasteiger charge is 2.34. The van der Waals surface area contributed by atoms with Gasteiger partial charge in [0.15, 0.2) is 46.0 Å². The van der Waals surface area contributed by atoms with Crippen LogP contribution in [0.15, 0.2) is 48.5 Å². The highest BCUT2D eigenvalue weighted by atomic mass is 16.5. The van der Waals surface area contributed by atoms with Crippen LogP contribution >= 0.6 is 0 Å². The third kappa shape index (κ3) is 17.9. The van der Waals surface area contributed by atoms with Crippen LogP contribution in [0.3, 0.4) is 0 Å². The van der Waals surface area contributed by atoms with E-state index in [9.17, 15) is 0 Å². The molecule has 4 aromatic carbocycles. The lowest BCUT2D eigenvalue weighted by molar-refractivity contribution is 0.257. The number of nitrogens with one attached hydrogen (secondary N) is 4. The lowest BCUT2D eigenvalue weighted by atomic mass is 9.78. The Morgan fingerprint density at radius 2 is 0.616 bits per heavy atom. The van der Waals surface area contributed by atoms with E-state index in [1.165, 1.54) is 147 Å². The van der Waals surface area contributed by atoms with Gasteiger partial charge in [0.05, 0.1) is 54.9 Å². The predicted molar refractivity (Wildman–Crippen MR) is 352 cm³/mol. The SMILES string of the molecule is CCCCCOc1c(OC)ccc2c1CCNC2CCCCC(CCCCC(CCCCC1NCCc2c1ccc(OC)c2OCCCCC)C1NCCc2c1ccc(OC)c2OCCCCC)C1NCCc2c1ccc(OC)c2OCCCCC. The van der Waals surface area contributed by atoms with Crippen LogP contribution in [0.2, 0.25) is 0 Å². The molecule has 0 aliphatic carbocycles. The second-order valence-corrected chi connectivity index (χ2v) is 25.1. The zero-order valence-corrected chi connectivity index (χ0v) is 54.8. The lowest BCUT2D eigenvalue weighted by Gasteiger charge is -2.36. The Balaban J connectivity index is 1.00. The molecule has 0 amide bonds. The van der Waals surface area contributed by atoms with Gasteiger partial charge >= 0.3 is 0 Å². The topological polar surface area (TPSA) is 122 Å². The molecule has 4 aliphatic heterocycles. The van der Waals surface area contributed by atoms with Gasteiger partial charge in [0.25, 0.3) is 0 Å². The molecule has 4 aliphatic rings. The number of hydrogen-bond donors (Lipinski definition) is 4. The Hall–Kier alpha value is -4.88. The number of unbranched alkanes of at least 4 members (excludes halogenated alkanes) is 11. The highest BCUT2D eigenvalue weighted by molar-refractivity contribution is 5.56. The summed E-state index contributed by atoms with van der Waals surface area (Å²) in [5.41, 5.74) is 10.9. The van der Waals surface area contributed by atoms with Crippen LogP contribution in [0.25, 0.3) is 0 Å². The molecule has 6 unspecified atom stereocenters. The van der Waals surface area contributed by atoms with Gasteiger partial charge in [-0.25, -0.2) is 0 Å². The Bertz CT molecular complexity index is 2450. The molecule has 12 heteroatoms.